The molecule has 1 aromatic carbocycles. The van der Waals surface area contributed by atoms with E-state index in [9.17, 15) is 14.5 Å². The van der Waals surface area contributed by atoms with Crippen molar-refractivity contribution in [1.82, 2.24) is 0 Å². The molecule has 0 saturated heterocycles. The maximum absolute atomic E-state index is 13.4. The Morgan fingerprint density at radius 2 is 2.22 bits per heavy atom. The van der Waals surface area contributed by atoms with E-state index in [1.165, 1.54) is 0 Å². The molecule has 0 spiro atoms. The molecular weight excluding hydrogens is 263 g/mol. The zero-order valence-electron chi connectivity index (χ0n) is 9.90. The molecule has 0 aliphatic carbocycles. The Balaban J connectivity index is 3.18. The number of benzene rings is 1. The number of halogens is 2. The second kappa shape index (κ2) is 6.51. The highest BCUT2D eigenvalue weighted by Gasteiger charge is 2.21. The molecule has 0 heterocycles. The summed E-state index contributed by atoms with van der Waals surface area (Å²) >= 11 is 5.54. The molecule has 0 fully saturated rings. The molecule has 0 radical (unpaired) electrons. The summed E-state index contributed by atoms with van der Waals surface area (Å²) in [5, 5.41) is 19.4. The Morgan fingerprint density at radius 1 is 1.56 bits per heavy atom. The minimum Gasteiger partial charge on any atom is -0.396 e. The molecule has 0 aliphatic heterocycles. The van der Waals surface area contributed by atoms with Crippen molar-refractivity contribution < 1.29 is 14.4 Å². The van der Waals surface area contributed by atoms with E-state index in [1.807, 2.05) is 0 Å². The first-order valence-electron chi connectivity index (χ1n) is 5.50. The summed E-state index contributed by atoms with van der Waals surface area (Å²) in [7, 11) is 0. The van der Waals surface area contributed by atoms with Gasteiger partial charge in [-0.1, -0.05) is 11.6 Å². The lowest BCUT2D eigenvalue weighted by atomic mass is 10.2. The first-order chi connectivity index (χ1) is 8.51. The van der Waals surface area contributed by atoms with Crippen LogP contribution in [0.15, 0.2) is 12.1 Å². The van der Waals surface area contributed by atoms with Crippen molar-refractivity contribution in [2.45, 2.75) is 13.3 Å². The second-order valence-electron chi connectivity index (χ2n) is 3.67. The molecular formula is C11H14ClFN2O3. The van der Waals surface area contributed by atoms with Gasteiger partial charge in [0.05, 0.1) is 9.95 Å². The standard InChI is InChI=1S/C11H14ClFN2O3/c1-2-14(4-3-5-16)10-7-9(13)8(12)6-11(10)15(17)18/h6-7,16H,2-5H2,1H3. The minimum atomic E-state index is -0.695. The highest BCUT2D eigenvalue weighted by Crippen LogP contribution is 2.33. The SMILES string of the molecule is CCN(CCCO)c1cc(F)c(Cl)cc1[N+](=O)[O-]. The number of rotatable bonds is 6. The maximum Gasteiger partial charge on any atom is 0.294 e. The number of aliphatic hydroxyl groups is 1. The van der Waals surface area contributed by atoms with Crippen molar-refractivity contribution in [3.63, 3.8) is 0 Å². The average molecular weight is 277 g/mol. The van der Waals surface area contributed by atoms with Gasteiger partial charge in [0.2, 0.25) is 0 Å². The van der Waals surface area contributed by atoms with Gasteiger partial charge >= 0.3 is 0 Å². The fourth-order valence-corrected chi connectivity index (χ4v) is 1.79. The normalized spacial score (nSPS) is 10.4. The number of nitrogens with zero attached hydrogens (tertiary/aromatic N) is 2. The van der Waals surface area contributed by atoms with Crippen LogP contribution in [0, 0.1) is 15.9 Å². The van der Waals surface area contributed by atoms with Crippen LogP contribution in [-0.2, 0) is 0 Å². The van der Waals surface area contributed by atoms with Crippen molar-refractivity contribution >= 4 is 23.0 Å². The van der Waals surface area contributed by atoms with Gasteiger partial charge in [-0.3, -0.25) is 10.1 Å². The molecule has 1 aromatic rings. The number of hydrogen-bond donors (Lipinski definition) is 1. The van der Waals surface area contributed by atoms with Gasteiger partial charge in [-0.25, -0.2) is 4.39 Å². The van der Waals surface area contributed by atoms with E-state index in [0.717, 1.165) is 12.1 Å². The monoisotopic (exact) mass is 276 g/mol. The Bertz CT molecular complexity index is 443. The molecule has 1 rings (SSSR count). The molecule has 1 N–H and O–H groups in total. The molecule has 0 aliphatic rings. The van der Waals surface area contributed by atoms with E-state index in [1.54, 1.807) is 11.8 Å². The maximum atomic E-state index is 13.4. The summed E-state index contributed by atoms with van der Waals surface area (Å²) in [6.45, 7) is 2.66. The van der Waals surface area contributed by atoms with Gasteiger partial charge in [0, 0.05) is 31.8 Å². The minimum absolute atomic E-state index is 0.0274. The lowest BCUT2D eigenvalue weighted by molar-refractivity contribution is -0.384. The third-order valence-corrected chi connectivity index (χ3v) is 2.81. The molecule has 5 nitrogen and oxygen atoms in total. The molecule has 18 heavy (non-hydrogen) atoms. The first kappa shape index (κ1) is 14.7. The zero-order chi connectivity index (χ0) is 13.7. The number of anilines is 1. The fourth-order valence-electron chi connectivity index (χ4n) is 1.64. The topological polar surface area (TPSA) is 66.6 Å². The molecule has 100 valence electrons. The van der Waals surface area contributed by atoms with Crippen molar-refractivity contribution in [2.75, 3.05) is 24.6 Å². The third-order valence-electron chi connectivity index (χ3n) is 2.52. The van der Waals surface area contributed by atoms with Gasteiger partial charge in [-0.05, 0) is 13.3 Å². The van der Waals surface area contributed by atoms with Crippen molar-refractivity contribution in [3.8, 4) is 0 Å². The summed E-state index contributed by atoms with van der Waals surface area (Å²) in [4.78, 5) is 12.0. The highest BCUT2D eigenvalue weighted by atomic mass is 35.5. The summed E-state index contributed by atoms with van der Waals surface area (Å²) in [6, 6.07) is 2.06. The van der Waals surface area contributed by atoms with Crippen LogP contribution >= 0.6 is 11.6 Å². The average Bonchev–Trinajstić information content (AvgIpc) is 2.33. The molecule has 0 unspecified atom stereocenters. The van der Waals surface area contributed by atoms with E-state index in [0.29, 0.717) is 19.5 Å². The van der Waals surface area contributed by atoms with Crippen molar-refractivity contribution in [2.24, 2.45) is 0 Å². The molecule has 7 heteroatoms. The highest BCUT2D eigenvalue weighted by molar-refractivity contribution is 6.31. The van der Waals surface area contributed by atoms with Gasteiger partial charge in [-0.15, -0.1) is 0 Å². The van der Waals surface area contributed by atoms with Crippen LogP contribution < -0.4 is 4.90 Å². The summed E-state index contributed by atoms with van der Waals surface area (Å²) in [5.74, 6) is -0.695. The van der Waals surface area contributed by atoms with Gasteiger partial charge in [0.25, 0.3) is 5.69 Å². The molecule has 0 amide bonds. The van der Waals surface area contributed by atoms with Crippen LogP contribution in [0.25, 0.3) is 0 Å². The van der Waals surface area contributed by atoms with Crippen LogP contribution in [-0.4, -0.2) is 29.7 Å². The first-order valence-corrected chi connectivity index (χ1v) is 5.88. The van der Waals surface area contributed by atoms with Gasteiger partial charge in [0.15, 0.2) is 0 Å². The van der Waals surface area contributed by atoms with Crippen LogP contribution in [0.5, 0.6) is 0 Å². The lowest BCUT2D eigenvalue weighted by Gasteiger charge is -2.22. The number of aliphatic hydroxyl groups excluding tert-OH is 1. The van der Waals surface area contributed by atoms with Crippen LogP contribution in [0.2, 0.25) is 5.02 Å². The Labute approximate surface area is 109 Å². The molecule has 0 saturated carbocycles. The molecule has 0 bridgehead atoms. The van der Waals surface area contributed by atoms with Crippen LogP contribution in [0.4, 0.5) is 15.8 Å². The second-order valence-corrected chi connectivity index (χ2v) is 4.08. The summed E-state index contributed by atoms with van der Waals surface area (Å²) in [5.41, 5.74) is -0.0564. The quantitative estimate of drug-likeness (QED) is 0.641. The summed E-state index contributed by atoms with van der Waals surface area (Å²) < 4.78 is 13.4. The van der Waals surface area contributed by atoms with E-state index in [4.69, 9.17) is 16.7 Å². The zero-order valence-corrected chi connectivity index (χ0v) is 10.7. The number of nitro benzene ring substituents is 1. The summed E-state index contributed by atoms with van der Waals surface area (Å²) in [6.07, 6.45) is 0.454. The van der Waals surface area contributed by atoms with E-state index < -0.39 is 10.7 Å². The van der Waals surface area contributed by atoms with E-state index >= 15 is 0 Å². The van der Waals surface area contributed by atoms with Crippen molar-refractivity contribution in [3.05, 3.63) is 33.1 Å². The van der Waals surface area contributed by atoms with Crippen LogP contribution in [0.3, 0.4) is 0 Å². The Morgan fingerprint density at radius 3 is 2.72 bits per heavy atom. The molecule has 0 atom stereocenters. The number of hydrogen-bond acceptors (Lipinski definition) is 4. The van der Waals surface area contributed by atoms with Gasteiger partial charge in [0.1, 0.15) is 11.5 Å². The van der Waals surface area contributed by atoms with Crippen LogP contribution in [0.1, 0.15) is 13.3 Å². The predicted molar refractivity (Wildman–Crippen MR) is 67.7 cm³/mol. The Kier molecular flexibility index (Phi) is 5.30. The van der Waals surface area contributed by atoms with Gasteiger partial charge < -0.3 is 10.0 Å². The fraction of sp³-hybridized carbons (Fsp3) is 0.455. The van der Waals surface area contributed by atoms with E-state index in [2.05, 4.69) is 0 Å². The Hall–Kier alpha value is -1.40. The van der Waals surface area contributed by atoms with Crippen molar-refractivity contribution in [1.29, 1.82) is 0 Å². The lowest BCUT2D eigenvalue weighted by Crippen LogP contribution is -2.25. The molecule has 0 aromatic heterocycles. The van der Waals surface area contributed by atoms with Gasteiger partial charge in [-0.2, -0.15) is 0 Å². The van der Waals surface area contributed by atoms with E-state index in [-0.39, 0.29) is 23.0 Å². The predicted octanol–water partition coefficient (Wildman–Crippen LogP) is 2.60. The third kappa shape index (κ3) is 3.30. The smallest absolute Gasteiger partial charge is 0.294 e. The largest absolute Gasteiger partial charge is 0.396 e. The number of nitro groups is 1.